The molecule has 0 N–H and O–H groups in total. The van der Waals surface area contributed by atoms with E-state index in [1.165, 1.54) is 7.11 Å². The molecule has 1 saturated heterocycles. The first kappa shape index (κ1) is 23.9. The van der Waals surface area contributed by atoms with E-state index in [2.05, 4.69) is 33.8 Å². The average Bonchev–Trinajstić information content (AvgIpc) is 2.92. The monoisotopic (exact) mass is 458 g/mol. The molecule has 2 aromatic heterocycles. The number of pyridine rings is 2. The van der Waals surface area contributed by atoms with Gasteiger partial charge in [-0.25, -0.2) is 4.98 Å². The van der Waals surface area contributed by atoms with E-state index < -0.39 is 5.41 Å². The van der Waals surface area contributed by atoms with Crippen LogP contribution in [0.1, 0.15) is 31.7 Å². The van der Waals surface area contributed by atoms with E-state index in [0.29, 0.717) is 0 Å². The number of methoxy groups -OCH3 is 1. The summed E-state index contributed by atoms with van der Waals surface area (Å²) in [6, 6.07) is 22.1. The minimum absolute atomic E-state index is 0.134. The molecule has 4 rings (SSSR count). The Morgan fingerprint density at radius 1 is 0.941 bits per heavy atom. The number of carbonyl (C=O) groups excluding carboxylic acids is 1. The minimum atomic E-state index is -0.576. The molecule has 34 heavy (non-hydrogen) atoms. The lowest BCUT2D eigenvalue weighted by Gasteiger charge is -2.36. The van der Waals surface area contributed by atoms with Gasteiger partial charge in [0.15, 0.2) is 0 Å². The summed E-state index contributed by atoms with van der Waals surface area (Å²) >= 11 is 0. The topological polar surface area (TPSA) is 58.6 Å². The maximum Gasteiger partial charge on any atom is 0.316 e. The Bertz CT molecular complexity index is 1050. The molecular weight excluding hydrogens is 424 g/mol. The van der Waals surface area contributed by atoms with Crippen molar-refractivity contribution in [1.29, 1.82) is 0 Å². The van der Waals surface area contributed by atoms with Crippen LogP contribution in [-0.4, -0.2) is 60.7 Å². The van der Waals surface area contributed by atoms with Gasteiger partial charge in [-0.15, -0.1) is 0 Å². The van der Waals surface area contributed by atoms with E-state index in [0.717, 1.165) is 74.8 Å². The summed E-state index contributed by atoms with van der Waals surface area (Å²) in [5.74, 6) is 0.868. The van der Waals surface area contributed by atoms with Gasteiger partial charge in [-0.05, 0) is 55.6 Å². The van der Waals surface area contributed by atoms with Crippen molar-refractivity contribution in [2.24, 2.45) is 0 Å². The van der Waals surface area contributed by atoms with Crippen LogP contribution >= 0.6 is 0 Å². The molecule has 178 valence electrons. The van der Waals surface area contributed by atoms with Crippen LogP contribution in [0.3, 0.4) is 0 Å². The molecule has 0 spiro atoms. The molecule has 0 saturated carbocycles. The van der Waals surface area contributed by atoms with Crippen molar-refractivity contribution >= 4 is 11.8 Å². The van der Waals surface area contributed by atoms with Gasteiger partial charge in [0.2, 0.25) is 0 Å². The quantitative estimate of drug-likeness (QED) is 0.438. The zero-order chi connectivity index (χ0) is 23.8. The van der Waals surface area contributed by atoms with Crippen LogP contribution < -0.4 is 4.90 Å². The highest BCUT2D eigenvalue weighted by atomic mass is 16.5. The van der Waals surface area contributed by atoms with Gasteiger partial charge in [0.05, 0.1) is 23.9 Å². The Hall–Kier alpha value is -3.25. The Kier molecular flexibility index (Phi) is 7.91. The maximum absolute atomic E-state index is 12.8. The molecule has 0 bridgehead atoms. The van der Waals surface area contributed by atoms with Gasteiger partial charge in [0, 0.05) is 32.4 Å². The van der Waals surface area contributed by atoms with Crippen molar-refractivity contribution < 1.29 is 9.53 Å². The van der Waals surface area contributed by atoms with Crippen LogP contribution in [0.2, 0.25) is 0 Å². The fourth-order valence-electron chi connectivity index (χ4n) is 4.90. The maximum atomic E-state index is 12.8. The fraction of sp³-hybridized carbons (Fsp3) is 0.393. The highest BCUT2D eigenvalue weighted by Crippen LogP contribution is 2.34. The molecule has 1 aliphatic heterocycles. The Morgan fingerprint density at radius 3 is 2.35 bits per heavy atom. The summed E-state index contributed by atoms with van der Waals surface area (Å²) in [4.78, 5) is 26.9. The average molecular weight is 459 g/mol. The molecular formula is C28H34N4O2. The molecule has 3 heterocycles. The van der Waals surface area contributed by atoms with E-state index in [1.807, 2.05) is 54.6 Å². The predicted molar refractivity (Wildman–Crippen MR) is 136 cm³/mol. The highest BCUT2D eigenvalue weighted by Gasteiger charge is 2.39. The SMILES string of the molecule is CCC(CCCN1CCN(c2cccc(-c3ccccn3)n2)CC1)(C(=O)OC)c1ccccc1. The molecule has 3 aromatic rings. The van der Waals surface area contributed by atoms with Gasteiger partial charge in [-0.2, -0.15) is 0 Å². The number of nitrogens with zero attached hydrogens (tertiary/aromatic N) is 4. The second kappa shape index (κ2) is 11.3. The highest BCUT2D eigenvalue weighted by molar-refractivity contribution is 5.83. The summed E-state index contributed by atoms with van der Waals surface area (Å²) in [5, 5.41) is 0. The number of rotatable bonds is 9. The molecule has 0 radical (unpaired) electrons. The third-order valence-electron chi connectivity index (χ3n) is 6.94. The van der Waals surface area contributed by atoms with Crippen LogP contribution in [-0.2, 0) is 14.9 Å². The van der Waals surface area contributed by atoms with Gasteiger partial charge in [-0.1, -0.05) is 49.4 Å². The lowest BCUT2D eigenvalue weighted by atomic mass is 9.74. The van der Waals surface area contributed by atoms with Gasteiger partial charge in [0.25, 0.3) is 0 Å². The van der Waals surface area contributed by atoms with Crippen LogP contribution in [0.4, 0.5) is 5.82 Å². The van der Waals surface area contributed by atoms with Gasteiger partial charge in [0.1, 0.15) is 5.82 Å². The molecule has 1 aliphatic rings. The number of piperazine rings is 1. The Morgan fingerprint density at radius 2 is 1.68 bits per heavy atom. The van der Waals surface area contributed by atoms with Crippen molar-refractivity contribution in [1.82, 2.24) is 14.9 Å². The summed E-state index contributed by atoms with van der Waals surface area (Å²) in [7, 11) is 1.49. The molecule has 6 nitrogen and oxygen atoms in total. The lowest BCUT2D eigenvalue weighted by molar-refractivity contribution is -0.148. The summed E-state index contributed by atoms with van der Waals surface area (Å²) in [6.45, 7) is 6.90. The summed E-state index contributed by atoms with van der Waals surface area (Å²) in [6.07, 6.45) is 4.27. The van der Waals surface area contributed by atoms with Crippen molar-refractivity contribution in [2.45, 2.75) is 31.6 Å². The van der Waals surface area contributed by atoms with Crippen molar-refractivity contribution in [3.05, 3.63) is 78.5 Å². The van der Waals surface area contributed by atoms with E-state index >= 15 is 0 Å². The van der Waals surface area contributed by atoms with Crippen LogP contribution in [0.25, 0.3) is 11.4 Å². The standard InChI is InChI=1S/C28H34N4O2/c1-3-28(27(33)34-2,23-11-5-4-6-12-23)16-10-18-31-19-21-32(22-20-31)26-15-9-14-25(30-26)24-13-7-8-17-29-24/h4-9,11-15,17H,3,10,16,18-22H2,1-2H3. The van der Waals surface area contributed by atoms with E-state index in [1.54, 1.807) is 6.20 Å². The zero-order valence-corrected chi connectivity index (χ0v) is 20.2. The normalized spacial score (nSPS) is 16.1. The third-order valence-corrected chi connectivity index (χ3v) is 6.94. The van der Waals surface area contributed by atoms with Crippen molar-refractivity contribution in [3.8, 4) is 11.4 Å². The molecule has 0 aliphatic carbocycles. The van der Waals surface area contributed by atoms with E-state index in [-0.39, 0.29) is 5.97 Å². The Balaban J connectivity index is 1.33. The first-order valence-corrected chi connectivity index (χ1v) is 12.2. The first-order chi connectivity index (χ1) is 16.7. The lowest BCUT2D eigenvalue weighted by Crippen LogP contribution is -2.47. The van der Waals surface area contributed by atoms with Gasteiger partial charge in [-0.3, -0.25) is 14.7 Å². The van der Waals surface area contributed by atoms with Gasteiger partial charge < -0.3 is 9.64 Å². The number of carbonyl (C=O) groups is 1. The fourth-order valence-corrected chi connectivity index (χ4v) is 4.90. The first-order valence-electron chi connectivity index (χ1n) is 12.2. The van der Waals surface area contributed by atoms with E-state index in [4.69, 9.17) is 9.72 Å². The molecule has 1 fully saturated rings. The number of aromatic nitrogens is 2. The molecule has 1 aromatic carbocycles. The number of hydrogen-bond acceptors (Lipinski definition) is 6. The molecule has 1 atom stereocenters. The van der Waals surface area contributed by atoms with Crippen molar-refractivity contribution in [3.63, 3.8) is 0 Å². The van der Waals surface area contributed by atoms with Gasteiger partial charge >= 0.3 is 5.97 Å². The number of hydrogen-bond donors (Lipinski definition) is 0. The number of anilines is 1. The van der Waals surface area contributed by atoms with Crippen LogP contribution in [0, 0.1) is 0 Å². The number of esters is 1. The summed E-state index contributed by atoms with van der Waals surface area (Å²) < 4.78 is 5.24. The molecule has 0 amide bonds. The van der Waals surface area contributed by atoms with Crippen LogP contribution in [0.5, 0.6) is 0 Å². The minimum Gasteiger partial charge on any atom is -0.468 e. The van der Waals surface area contributed by atoms with Crippen molar-refractivity contribution in [2.75, 3.05) is 44.7 Å². The smallest absolute Gasteiger partial charge is 0.316 e. The molecule has 6 heteroatoms. The summed E-state index contributed by atoms with van der Waals surface area (Å²) in [5.41, 5.74) is 2.27. The van der Waals surface area contributed by atoms with Crippen LogP contribution in [0.15, 0.2) is 72.9 Å². The Labute approximate surface area is 202 Å². The third kappa shape index (κ3) is 5.28. The number of benzene rings is 1. The zero-order valence-electron chi connectivity index (χ0n) is 20.2. The molecule has 1 unspecified atom stereocenters. The second-order valence-electron chi connectivity index (χ2n) is 8.82. The second-order valence-corrected chi connectivity index (χ2v) is 8.82. The largest absolute Gasteiger partial charge is 0.468 e. The van der Waals surface area contributed by atoms with E-state index in [9.17, 15) is 4.79 Å². The predicted octanol–water partition coefficient (Wildman–Crippen LogP) is 4.57. The number of ether oxygens (including phenoxy) is 1.